The van der Waals surface area contributed by atoms with E-state index >= 15 is 0 Å². The Kier molecular flexibility index (Phi) is 5.38. The average Bonchev–Trinajstić information content (AvgIpc) is 2.37. The summed E-state index contributed by atoms with van der Waals surface area (Å²) >= 11 is 0. The van der Waals surface area contributed by atoms with Crippen LogP contribution in [0.25, 0.3) is 0 Å². The minimum absolute atomic E-state index is 0.0256. The minimum atomic E-state index is -1.71. The van der Waals surface area contributed by atoms with Gasteiger partial charge in [-0.3, -0.25) is 9.00 Å². The number of hydrogen-bond donors (Lipinski definition) is 1. The van der Waals surface area contributed by atoms with Gasteiger partial charge in [0.2, 0.25) is 5.91 Å². The van der Waals surface area contributed by atoms with E-state index in [9.17, 15) is 18.2 Å². The maximum absolute atomic E-state index is 13.2. The number of carboxylic acids is 1. The molecule has 1 aromatic carbocycles. The lowest BCUT2D eigenvalue weighted by atomic mass is 10.2. The molecule has 1 aromatic rings. The Morgan fingerprint density at radius 3 is 2.50 bits per heavy atom. The molecule has 1 rings (SSSR count). The van der Waals surface area contributed by atoms with E-state index in [0.717, 1.165) is 12.1 Å². The zero-order chi connectivity index (χ0) is 15.4. The van der Waals surface area contributed by atoms with E-state index in [0.29, 0.717) is 0 Å². The second-order valence-corrected chi connectivity index (χ2v) is 5.99. The van der Waals surface area contributed by atoms with Crippen molar-refractivity contribution in [3.05, 3.63) is 29.6 Å². The first kappa shape index (κ1) is 16.3. The monoisotopic (exact) mass is 301 g/mol. The summed E-state index contributed by atoms with van der Waals surface area (Å²) in [6.45, 7) is 3.64. The number of halogens is 1. The minimum Gasteiger partial charge on any atom is -0.478 e. The molecule has 0 aliphatic carbocycles. The van der Waals surface area contributed by atoms with Gasteiger partial charge in [0.25, 0.3) is 0 Å². The van der Waals surface area contributed by atoms with E-state index in [1.807, 2.05) is 13.8 Å². The molecule has 1 amide bonds. The SMILES string of the molecule is CC(C)N(C)C(=O)CS(=O)c1ccc(F)c(C(=O)O)c1. The van der Waals surface area contributed by atoms with E-state index in [-0.39, 0.29) is 22.6 Å². The number of amides is 1. The number of aromatic carboxylic acids is 1. The molecule has 110 valence electrons. The summed E-state index contributed by atoms with van der Waals surface area (Å²) in [6.07, 6.45) is 0. The van der Waals surface area contributed by atoms with Crippen LogP contribution in [0.5, 0.6) is 0 Å². The molecule has 0 bridgehead atoms. The van der Waals surface area contributed by atoms with Crippen LogP contribution in [0.1, 0.15) is 24.2 Å². The first-order valence-corrected chi connectivity index (χ1v) is 7.22. The van der Waals surface area contributed by atoms with Crippen LogP contribution in [-0.2, 0) is 15.6 Å². The van der Waals surface area contributed by atoms with Crippen molar-refractivity contribution in [3.63, 3.8) is 0 Å². The Balaban J connectivity index is 2.91. The molecule has 1 atom stereocenters. The summed E-state index contributed by atoms with van der Waals surface area (Å²) in [5, 5.41) is 8.80. The maximum atomic E-state index is 13.2. The second kappa shape index (κ2) is 6.60. The van der Waals surface area contributed by atoms with E-state index in [2.05, 4.69) is 0 Å². The van der Waals surface area contributed by atoms with Gasteiger partial charge in [-0.25, -0.2) is 9.18 Å². The summed E-state index contributed by atoms with van der Waals surface area (Å²) < 4.78 is 25.2. The third-order valence-corrected chi connectivity index (χ3v) is 4.14. The van der Waals surface area contributed by atoms with Gasteiger partial charge in [0.05, 0.1) is 16.4 Å². The fourth-order valence-electron chi connectivity index (χ4n) is 1.40. The smallest absolute Gasteiger partial charge is 0.338 e. The molecule has 0 radical (unpaired) electrons. The molecule has 0 spiro atoms. The van der Waals surface area contributed by atoms with Crippen molar-refractivity contribution >= 4 is 22.7 Å². The highest BCUT2D eigenvalue weighted by Crippen LogP contribution is 2.14. The van der Waals surface area contributed by atoms with Gasteiger partial charge in [-0.15, -0.1) is 0 Å². The van der Waals surface area contributed by atoms with E-state index < -0.39 is 28.1 Å². The number of hydrogen-bond acceptors (Lipinski definition) is 3. The van der Waals surface area contributed by atoms with Crippen molar-refractivity contribution in [3.8, 4) is 0 Å². The van der Waals surface area contributed by atoms with Crippen molar-refractivity contribution < 1.29 is 23.3 Å². The van der Waals surface area contributed by atoms with Crippen LogP contribution in [0.2, 0.25) is 0 Å². The quantitative estimate of drug-likeness (QED) is 0.894. The fourth-order valence-corrected chi connectivity index (χ4v) is 2.46. The standard InChI is InChI=1S/C13H16FNO4S/c1-8(2)15(3)12(16)7-20(19)9-4-5-11(14)10(6-9)13(17)18/h4-6,8H,7H2,1-3H3,(H,17,18). The van der Waals surface area contributed by atoms with Crippen molar-refractivity contribution in [1.29, 1.82) is 0 Å². The number of carbonyl (C=O) groups is 2. The molecular formula is C13H16FNO4S. The molecule has 1 N–H and O–H groups in total. The number of carboxylic acid groups (broad SMARTS) is 1. The molecular weight excluding hydrogens is 285 g/mol. The Morgan fingerprint density at radius 1 is 1.40 bits per heavy atom. The molecule has 0 saturated heterocycles. The number of benzene rings is 1. The Bertz CT molecular complexity index is 559. The summed E-state index contributed by atoms with van der Waals surface area (Å²) in [5.74, 6) is -2.92. The van der Waals surface area contributed by atoms with Gasteiger partial charge in [-0.2, -0.15) is 0 Å². The largest absolute Gasteiger partial charge is 0.478 e. The van der Waals surface area contributed by atoms with E-state index in [1.165, 1.54) is 11.0 Å². The summed E-state index contributed by atoms with van der Waals surface area (Å²) in [6, 6.07) is 3.13. The van der Waals surface area contributed by atoms with Crippen molar-refractivity contribution in [2.45, 2.75) is 24.8 Å². The van der Waals surface area contributed by atoms with Crippen molar-refractivity contribution in [2.75, 3.05) is 12.8 Å². The number of carbonyl (C=O) groups excluding carboxylic acids is 1. The Labute approximate surface area is 118 Å². The average molecular weight is 301 g/mol. The highest BCUT2D eigenvalue weighted by atomic mass is 32.2. The zero-order valence-corrected chi connectivity index (χ0v) is 12.2. The van der Waals surface area contributed by atoms with Gasteiger partial charge in [0, 0.05) is 18.0 Å². The predicted octanol–water partition coefficient (Wildman–Crippen LogP) is 1.50. The summed E-state index contributed by atoms with van der Waals surface area (Å²) in [5.41, 5.74) is -0.555. The third-order valence-electron chi connectivity index (χ3n) is 2.85. The van der Waals surface area contributed by atoms with Crippen LogP contribution < -0.4 is 0 Å². The van der Waals surface area contributed by atoms with Crippen LogP contribution in [0.3, 0.4) is 0 Å². The van der Waals surface area contributed by atoms with Gasteiger partial charge < -0.3 is 10.0 Å². The Hall–Kier alpha value is -1.76. The number of rotatable bonds is 5. The van der Waals surface area contributed by atoms with Crippen LogP contribution >= 0.6 is 0 Å². The molecule has 0 aromatic heterocycles. The summed E-state index contributed by atoms with van der Waals surface area (Å²) in [4.78, 5) is 24.2. The van der Waals surface area contributed by atoms with Gasteiger partial charge in [-0.1, -0.05) is 0 Å². The second-order valence-electron chi connectivity index (χ2n) is 4.54. The highest BCUT2D eigenvalue weighted by molar-refractivity contribution is 7.85. The van der Waals surface area contributed by atoms with Crippen LogP contribution in [-0.4, -0.2) is 44.9 Å². The molecule has 1 unspecified atom stereocenters. The lowest BCUT2D eigenvalue weighted by molar-refractivity contribution is -0.128. The van der Waals surface area contributed by atoms with E-state index in [1.54, 1.807) is 7.05 Å². The van der Waals surface area contributed by atoms with E-state index in [4.69, 9.17) is 5.11 Å². The molecule has 5 nitrogen and oxygen atoms in total. The van der Waals surface area contributed by atoms with Crippen LogP contribution in [0.15, 0.2) is 23.1 Å². The predicted molar refractivity (Wildman–Crippen MR) is 72.5 cm³/mol. The first-order valence-electron chi connectivity index (χ1n) is 5.91. The van der Waals surface area contributed by atoms with Crippen molar-refractivity contribution in [1.82, 2.24) is 4.90 Å². The topological polar surface area (TPSA) is 74.7 Å². The first-order chi connectivity index (χ1) is 9.23. The van der Waals surface area contributed by atoms with Gasteiger partial charge >= 0.3 is 5.97 Å². The molecule has 20 heavy (non-hydrogen) atoms. The van der Waals surface area contributed by atoms with Gasteiger partial charge in [0.1, 0.15) is 11.6 Å². The van der Waals surface area contributed by atoms with Crippen LogP contribution in [0.4, 0.5) is 4.39 Å². The maximum Gasteiger partial charge on any atom is 0.338 e. The molecule has 0 heterocycles. The van der Waals surface area contributed by atoms with Crippen LogP contribution in [0, 0.1) is 5.82 Å². The zero-order valence-electron chi connectivity index (χ0n) is 11.4. The normalized spacial score (nSPS) is 12.2. The highest BCUT2D eigenvalue weighted by Gasteiger charge is 2.18. The third kappa shape index (κ3) is 3.86. The van der Waals surface area contributed by atoms with Crippen molar-refractivity contribution in [2.24, 2.45) is 0 Å². The molecule has 0 fully saturated rings. The Morgan fingerprint density at radius 2 is 2.00 bits per heavy atom. The lowest BCUT2D eigenvalue weighted by Crippen LogP contribution is -2.36. The van der Waals surface area contributed by atoms with Gasteiger partial charge in [0.15, 0.2) is 0 Å². The van der Waals surface area contributed by atoms with Gasteiger partial charge in [-0.05, 0) is 32.0 Å². The molecule has 0 saturated carbocycles. The number of nitrogens with zero attached hydrogens (tertiary/aromatic N) is 1. The molecule has 0 aliphatic rings. The molecule has 7 heteroatoms. The lowest BCUT2D eigenvalue weighted by Gasteiger charge is -2.21. The fraction of sp³-hybridized carbons (Fsp3) is 0.385. The summed E-state index contributed by atoms with van der Waals surface area (Å²) in [7, 11) is -0.112. The molecule has 0 aliphatic heterocycles.